The molecule has 2 unspecified atom stereocenters. The van der Waals surface area contributed by atoms with E-state index in [4.69, 9.17) is 0 Å². The maximum atomic E-state index is 3.85. The van der Waals surface area contributed by atoms with Crippen molar-refractivity contribution in [2.45, 2.75) is 59.0 Å². The Balaban J connectivity index is 2.13. The molecule has 0 spiro atoms. The number of hydrogen-bond donors (Lipinski definition) is 1. The van der Waals surface area contributed by atoms with Gasteiger partial charge in [-0.15, -0.1) is 11.3 Å². The van der Waals surface area contributed by atoms with Crippen molar-refractivity contribution in [1.82, 2.24) is 5.32 Å². The molecular formula is C19H27NS. The first kappa shape index (κ1) is 16.3. The lowest BCUT2D eigenvalue weighted by atomic mass is 9.99. The normalized spacial score (nSPS) is 14.1. The van der Waals surface area contributed by atoms with Crippen LogP contribution in [0, 0.1) is 13.8 Å². The molecule has 21 heavy (non-hydrogen) atoms. The van der Waals surface area contributed by atoms with E-state index in [1.165, 1.54) is 40.1 Å². The Bertz CT molecular complexity index is 544. The van der Waals surface area contributed by atoms with Crippen LogP contribution >= 0.6 is 11.3 Å². The number of unbranched alkanes of at least 4 members (excludes halogenated alkanes) is 1. The van der Waals surface area contributed by atoms with E-state index in [1.54, 1.807) is 0 Å². The van der Waals surface area contributed by atoms with Gasteiger partial charge in [-0.05, 0) is 44.4 Å². The van der Waals surface area contributed by atoms with Crippen molar-refractivity contribution in [3.63, 3.8) is 0 Å². The van der Waals surface area contributed by atoms with Gasteiger partial charge < -0.3 is 5.32 Å². The standard InChI is InChI=1S/C19H27NS/c1-5-6-12-19(17-10-8-7-9-11-17)20-15(3)18-13-14(2)21-16(18)4/h7-11,13,15,19-20H,5-6,12H2,1-4H3. The van der Waals surface area contributed by atoms with E-state index in [0.29, 0.717) is 12.1 Å². The molecule has 2 aromatic rings. The van der Waals surface area contributed by atoms with Crippen LogP contribution in [0.4, 0.5) is 0 Å². The molecule has 1 aromatic carbocycles. The summed E-state index contributed by atoms with van der Waals surface area (Å²) in [7, 11) is 0. The van der Waals surface area contributed by atoms with Crippen molar-refractivity contribution in [3.8, 4) is 0 Å². The van der Waals surface area contributed by atoms with Crippen LogP contribution in [-0.2, 0) is 0 Å². The quantitative estimate of drug-likeness (QED) is 0.666. The fourth-order valence-electron chi connectivity index (χ4n) is 2.91. The topological polar surface area (TPSA) is 12.0 Å². The number of benzene rings is 1. The summed E-state index contributed by atoms with van der Waals surface area (Å²) in [5, 5.41) is 3.85. The summed E-state index contributed by atoms with van der Waals surface area (Å²) >= 11 is 1.90. The average Bonchev–Trinajstić information content (AvgIpc) is 2.83. The van der Waals surface area contributed by atoms with E-state index in [0.717, 1.165) is 0 Å². The van der Waals surface area contributed by atoms with Crippen LogP contribution < -0.4 is 5.32 Å². The third-order valence-electron chi connectivity index (χ3n) is 4.05. The van der Waals surface area contributed by atoms with E-state index < -0.39 is 0 Å². The molecule has 1 N–H and O–H groups in total. The Labute approximate surface area is 133 Å². The number of thiophene rings is 1. The Morgan fingerprint density at radius 1 is 1.14 bits per heavy atom. The van der Waals surface area contributed by atoms with E-state index in [2.05, 4.69) is 69.4 Å². The minimum Gasteiger partial charge on any atom is -0.303 e. The van der Waals surface area contributed by atoms with Crippen molar-refractivity contribution < 1.29 is 0 Å². The zero-order valence-electron chi connectivity index (χ0n) is 13.6. The summed E-state index contributed by atoms with van der Waals surface area (Å²) in [6.45, 7) is 8.97. The van der Waals surface area contributed by atoms with Gasteiger partial charge >= 0.3 is 0 Å². The second kappa shape index (κ2) is 7.77. The summed E-state index contributed by atoms with van der Waals surface area (Å²) in [5.41, 5.74) is 2.86. The molecule has 1 nitrogen and oxygen atoms in total. The van der Waals surface area contributed by atoms with Gasteiger partial charge in [0.1, 0.15) is 0 Å². The lowest BCUT2D eigenvalue weighted by molar-refractivity contribution is 0.431. The first-order valence-corrected chi connectivity index (χ1v) is 8.81. The zero-order valence-corrected chi connectivity index (χ0v) is 14.5. The minimum atomic E-state index is 0.400. The van der Waals surface area contributed by atoms with Gasteiger partial charge in [-0.1, -0.05) is 50.1 Å². The van der Waals surface area contributed by atoms with Gasteiger partial charge in [0.25, 0.3) is 0 Å². The van der Waals surface area contributed by atoms with Crippen LogP contribution in [-0.4, -0.2) is 0 Å². The first-order valence-electron chi connectivity index (χ1n) is 7.99. The van der Waals surface area contributed by atoms with E-state index in [-0.39, 0.29) is 0 Å². The smallest absolute Gasteiger partial charge is 0.0325 e. The van der Waals surface area contributed by atoms with Gasteiger partial charge in [0.15, 0.2) is 0 Å². The summed E-state index contributed by atoms with van der Waals surface area (Å²) in [5.74, 6) is 0. The summed E-state index contributed by atoms with van der Waals surface area (Å²) < 4.78 is 0. The molecule has 114 valence electrons. The number of rotatable bonds is 7. The van der Waals surface area contributed by atoms with Gasteiger partial charge in [0.05, 0.1) is 0 Å². The molecule has 0 saturated carbocycles. The predicted molar refractivity (Wildman–Crippen MR) is 94.1 cm³/mol. The Morgan fingerprint density at radius 3 is 2.43 bits per heavy atom. The van der Waals surface area contributed by atoms with Crippen molar-refractivity contribution in [2.24, 2.45) is 0 Å². The summed E-state index contributed by atoms with van der Waals surface area (Å²) in [4.78, 5) is 2.84. The molecule has 0 bridgehead atoms. The largest absolute Gasteiger partial charge is 0.303 e. The molecule has 2 atom stereocenters. The van der Waals surface area contributed by atoms with Gasteiger partial charge in [-0.3, -0.25) is 0 Å². The second-order valence-corrected chi connectivity index (χ2v) is 7.32. The lowest BCUT2D eigenvalue weighted by Crippen LogP contribution is -2.24. The van der Waals surface area contributed by atoms with Gasteiger partial charge in [0.2, 0.25) is 0 Å². The van der Waals surface area contributed by atoms with Crippen molar-refractivity contribution in [2.75, 3.05) is 0 Å². The van der Waals surface area contributed by atoms with Crippen LogP contribution in [0.3, 0.4) is 0 Å². The highest BCUT2D eigenvalue weighted by molar-refractivity contribution is 7.12. The summed E-state index contributed by atoms with van der Waals surface area (Å²) in [6, 6.07) is 14.0. The van der Waals surface area contributed by atoms with Crippen molar-refractivity contribution >= 4 is 11.3 Å². The Kier molecular flexibility index (Phi) is 6.01. The highest BCUT2D eigenvalue weighted by Crippen LogP contribution is 2.29. The van der Waals surface area contributed by atoms with Crippen LogP contribution in [0.2, 0.25) is 0 Å². The molecule has 0 aliphatic rings. The predicted octanol–water partition coefficient (Wildman–Crippen LogP) is 5.95. The first-order chi connectivity index (χ1) is 10.1. The fourth-order valence-corrected chi connectivity index (χ4v) is 3.93. The number of nitrogens with one attached hydrogen (secondary N) is 1. The minimum absolute atomic E-state index is 0.400. The molecule has 1 heterocycles. The molecule has 0 aliphatic heterocycles. The number of aryl methyl sites for hydroxylation is 2. The van der Waals surface area contributed by atoms with Crippen molar-refractivity contribution in [1.29, 1.82) is 0 Å². The van der Waals surface area contributed by atoms with Crippen molar-refractivity contribution in [3.05, 3.63) is 57.3 Å². The molecule has 2 heteroatoms. The molecule has 0 fully saturated rings. The molecule has 0 radical (unpaired) electrons. The highest BCUT2D eigenvalue weighted by atomic mass is 32.1. The third-order valence-corrected chi connectivity index (χ3v) is 5.03. The van der Waals surface area contributed by atoms with E-state index in [1.807, 2.05) is 11.3 Å². The molecule has 0 amide bonds. The average molecular weight is 301 g/mol. The summed E-state index contributed by atoms with van der Waals surface area (Å²) in [6.07, 6.45) is 3.71. The molecule has 0 saturated heterocycles. The maximum Gasteiger partial charge on any atom is 0.0325 e. The lowest BCUT2D eigenvalue weighted by Gasteiger charge is -2.24. The Hall–Kier alpha value is -1.12. The monoisotopic (exact) mass is 301 g/mol. The van der Waals surface area contributed by atoms with Gasteiger partial charge in [-0.2, -0.15) is 0 Å². The third kappa shape index (κ3) is 4.42. The van der Waals surface area contributed by atoms with Crippen LogP contribution in [0.15, 0.2) is 36.4 Å². The van der Waals surface area contributed by atoms with Crippen LogP contribution in [0.1, 0.15) is 66.1 Å². The zero-order chi connectivity index (χ0) is 15.2. The van der Waals surface area contributed by atoms with Gasteiger partial charge in [0, 0.05) is 21.8 Å². The van der Waals surface area contributed by atoms with Crippen LogP contribution in [0.25, 0.3) is 0 Å². The van der Waals surface area contributed by atoms with Crippen LogP contribution in [0.5, 0.6) is 0 Å². The fraction of sp³-hybridized carbons (Fsp3) is 0.474. The van der Waals surface area contributed by atoms with E-state index in [9.17, 15) is 0 Å². The van der Waals surface area contributed by atoms with Gasteiger partial charge in [-0.25, -0.2) is 0 Å². The highest BCUT2D eigenvalue weighted by Gasteiger charge is 2.17. The molecule has 2 rings (SSSR count). The number of hydrogen-bond acceptors (Lipinski definition) is 2. The molecule has 1 aromatic heterocycles. The Morgan fingerprint density at radius 2 is 1.86 bits per heavy atom. The SMILES string of the molecule is CCCCC(NC(C)c1cc(C)sc1C)c1ccccc1. The molecular weight excluding hydrogens is 274 g/mol. The second-order valence-electron chi connectivity index (χ2n) is 5.86. The maximum absolute atomic E-state index is 3.85. The molecule has 0 aliphatic carbocycles. The van der Waals surface area contributed by atoms with E-state index >= 15 is 0 Å².